The predicted octanol–water partition coefficient (Wildman–Crippen LogP) is 2.81. The molecule has 0 fully saturated rings. The normalized spacial score (nSPS) is 10.5. The van der Waals surface area contributed by atoms with Crippen LogP contribution in [0.2, 0.25) is 0 Å². The zero-order valence-electron chi connectivity index (χ0n) is 15.2. The van der Waals surface area contributed by atoms with Crippen molar-refractivity contribution in [3.63, 3.8) is 0 Å². The number of amides is 1. The highest BCUT2D eigenvalue weighted by atomic mass is 32.1. The van der Waals surface area contributed by atoms with Crippen LogP contribution >= 0.6 is 11.3 Å². The zero-order valence-corrected chi connectivity index (χ0v) is 16.0. The van der Waals surface area contributed by atoms with Gasteiger partial charge in [0.2, 0.25) is 5.69 Å². The van der Waals surface area contributed by atoms with Crippen molar-refractivity contribution in [1.29, 1.82) is 0 Å². The molecule has 0 aliphatic rings. The van der Waals surface area contributed by atoms with E-state index in [1.54, 1.807) is 20.8 Å². The van der Waals surface area contributed by atoms with E-state index >= 15 is 0 Å². The molecule has 0 radical (unpaired) electrons. The number of aromatic nitrogens is 2. The summed E-state index contributed by atoms with van der Waals surface area (Å²) in [6.45, 7) is 6.72. The molecular weight excluding hydrogens is 376 g/mol. The van der Waals surface area contributed by atoms with Crippen molar-refractivity contribution in [3.8, 4) is 0 Å². The van der Waals surface area contributed by atoms with E-state index in [2.05, 4.69) is 10.4 Å². The number of nitrogens with zero attached hydrogens (tertiary/aromatic N) is 3. The molecule has 10 nitrogen and oxygen atoms in total. The Hall–Kier alpha value is -3.08. The van der Waals surface area contributed by atoms with Gasteiger partial charge in [0.15, 0.2) is 5.78 Å². The molecule has 0 aromatic carbocycles. The molecule has 11 heteroatoms. The molecule has 0 aliphatic carbocycles. The summed E-state index contributed by atoms with van der Waals surface area (Å²) in [6, 6.07) is 0. The van der Waals surface area contributed by atoms with Crippen LogP contribution in [0.15, 0.2) is 6.20 Å². The van der Waals surface area contributed by atoms with Crippen molar-refractivity contribution in [1.82, 2.24) is 9.78 Å². The van der Waals surface area contributed by atoms with E-state index in [4.69, 9.17) is 4.74 Å². The number of nitro groups is 1. The first-order chi connectivity index (χ1) is 12.7. The van der Waals surface area contributed by atoms with Gasteiger partial charge in [-0.05, 0) is 33.3 Å². The van der Waals surface area contributed by atoms with Gasteiger partial charge < -0.3 is 10.1 Å². The highest BCUT2D eigenvalue weighted by molar-refractivity contribution is 7.18. The van der Waals surface area contributed by atoms with Gasteiger partial charge in [0, 0.05) is 6.54 Å². The minimum atomic E-state index is -0.851. The fourth-order valence-electron chi connectivity index (χ4n) is 2.42. The minimum absolute atomic E-state index is 0.0537. The van der Waals surface area contributed by atoms with Gasteiger partial charge in [-0.15, -0.1) is 11.3 Å². The average molecular weight is 394 g/mol. The first-order valence-corrected chi connectivity index (χ1v) is 8.87. The molecule has 27 heavy (non-hydrogen) atoms. The topological polar surface area (TPSA) is 133 Å². The number of hydrogen-bond acceptors (Lipinski definition) is 8. The lowest BCUT2D eigenvalue weighted by Crippen LogP contribution is -2.16. The number of hydrogen-bond donors (Lipinski definition) is 1. The number of nitrogens with one attached hydrogen (secondary N) is 1. The summed E-state index contributed by atoms with van der Waals surface area (Å²) in [5.74, 6) is -1.82. The number of anilines is 1. The van der Waals surface area contributed by atoms with E-state index < -0.39 is 22.5 Å². The van der Waals surface area contributed by atoms with Crippen LogP contribution in [-0.2, 0) is 11.3 Å². The largest absolute Gasteiger partial charge is 0.462 e. The number of esters is 1. The molecule has 0 unspecified atom stereocenters. The number of ether oxygens (including phenoxy) is 1. The molecule has 2 rings (SSSR count). The summed E-state index contributed by atoms with van der Waals surface area (Å²) in [4.78, 5) is 47.4. The third-order valence-corrected chi connectivity index (χ3v) is 4.96. The third-order valence-electron chi connectivity index (χ3n) is 3.65. The number of Topliss-reactive ketones (excluding diaryl/α,β-unsaturated/α-hetero) is 1. The summed E-state index contributed by atoms with van der Waals surface area (Å²) < 4.78 is 6.25. The Balaban J connectivity index is 2.48. The van der Waals surface area contributed by atoms with Gasteiger partial charge in [-0.1, -0.05) is 0 Å². The van der Waals surface area contributed by atoms with Crippen molar-refractivity contribution in [3.05, 3.63) is 38.0 Å². The van der Waals surface area contributed by atoms with E-state index in [1.807, 2.05) is 0 Å². The molecule has 0 saturated heterocycles. The average Bonchev–Trinajstić information content (AvgIpc) is 3.16. The fraction of sp³-hybridized carbons (Fsp3) is 0.375. The van der Waals surface area contributed by atoms with Gasteiger partial charge in [0.05, 0.1) is 22.0 Å². The number of carbonyl (C=O) groups excluding carboxylic acids is 3. The van der Waals surface area contributed by atoms with Gasteiger partial charge in [-0.25, -0.2) is 4.79 Å². The van der Waals surface area contributed by atoms with Gasteiger partial charge in [0.25, 0.3) is 5.91 Å². The van der Waals surface area contributed by atoms with Crippen LogP contribution < -0.4 is 5.32 Å². The quantitative estimate of drug-likeness (QED) is 0.330. The second-order valence-corrected chi connectivity index (χ2v) is 6.49. The first-order valence-electron chi connectivity index (χ1n) is 8.05. The van der Waals surface area contributed by atoms with Crippen molar-refractivity contribution in [2.24, 2.45) is 0 Å². The summed E-state index contributed by atoms with van der Waals surface area (Å²) in [5.41, 5.74) is -0.396. The van der Waals surface area contributed by atoms with Crippen LogP contribution in [-0.4, -0.2) is 39.0 Å². The van der Waals surface area contributed by atoms with E-state index in [-0.39, 0.29) is 28.6 Å². The smallest absolute Gasteiger partial charge is 0.341 e. The zero-order chi connectivity index (χ0) is 20.3. The number of ketones is 1. The molecule has 0 atom stereocenters. The number of aryl methyl sites for hydroxylation is 1. The van der Waals surface area contributed by atoms with E-state index in [9.17, 15) is 24.5 Å². The van der Waals surface area contributed by atoms with Gasteiger partial charge in [0.1, 0.15) is 11.2 Å². The summed E-state index contributed by atoms with van der Waals surface area (Å²) in [6.07, 6.45) is 1.15. The van der Waals surface area contributed by atoms with Crippen molar-refractivity contribution in [2.45, 2.75) is 34.2 Å². The molecule has 0 aliphatic heterocycles. The summed E-state index contributed by atoms with van der Waals surface area (Å²) in [7, 11) is 0. The lowest BCUT2D eigenvalue weighted by Gasteiger charge is -2.06. The molecule has 2 heterocycles. The Labute approximate surface area is 158 Å². The molecule has 1 N–H and O–H groups in total. The van der Waals surface area contributed by atoms with Crippen LogP contribution in [0.5, 0.6) is 0 Å². The highest BCUT2D eigenvalue weighted by Crippen LogP contribution is 2.34. The lowest BCUT2D eigenvalue weighted by atomic mass is 10.1. The lowest BCUT2D eigenvalue weighted by molar-refractivity contribution is -0.385. The van der Waals surface area contributed by atoms with Crippen LogP contribution in [0.3, 0.4) is 0 Å². The Morgan fingerprint density at radius 2 is 2.04 bits per heavy atom. The summed E-state index contributed by atoms with van der Waals surface area (Å²) >= 11 is 0.911. The standard InChI is InChI=1S/C16H18N4O6S/c1-5-19-7-10(20(24)25)12(18-19)14(22)17-15-11(16(23)26-6-2)8(3)13(27-15)9(4)21/h7H,5-6H2,1-4H3,(H,17,22). The molecule has 1 amide bonds. The second-order valence-electron chi connectivity index (χ2n) is 5.47. The van der Waals surface area contributed by atoms with E-state index in [0.29, 0.717) is 17.0 Å². The molecule has 144 valence electrons. The maximum Gasteiger partial charge on any atom is 0.341 e. The molecular formula is C16H18N4O6S. The van der Waals surface area contributed by atoms with Crippen molar-refractivity contribution < 1.29 is 24.0 Å². The maximum atomic E-state index is 12.6. The monoisotopic (exact) mass is 394 g/mol. The first kappa shape index (κ1) is 20.2. The van der Waals surface area contributed by atoms with E-state index in [0.717, 1.165) is 17.5 Å². The molecule has 0 bridgehead atoms. The third kappa shape index (κ3) is 4.03. The van der Waals surface area contributed by atoms with E-state index in [1.165, 1.54) is 11.6 Å². The minimum Gasteiger partial charge on any atom is -0.462 e. The second kappa shape index (κ2) is 8.08. The van der Waals surface area contributed by atoms with Crippen LogP contribution in [0.25, 0.3) is 0 Å². The molecule has 0 saturated carbocycles. The van der Waals surface area contributed by atoms with Crippen LogP contribution in [0.1, 0.15) is 56.9 Å². The summed E-state index contributed by atoms with van der Waals surface area (Å²) in [5, 5.41) is 17.6. The van der Waals surface area contributed by atoms with Crippen molar-refractivity contribution >= 4 is 39.7 Å². The van der Waals surface area contributed by atoms with Gasteiger partial charge in [-0.3, -0.25) is 24.4 Å². The molecule has 0 spiro atoms. The number of thiophene rings is 1. The Morgan fingerprint density at radius 1 is 1.37 bits per heavy atom. The Kier molecular flexibility index (Phi) is 6.05. The molecule has 2 aromatic heterocycles. The van der Waals surface area contributed by atoms with Crippen LogP contribution in [0.4, 0.5) is 10.7 Å². The van der Waals surface area contributed by atoms with Gasteiger partial charge in [-0.2, -0.15) is 5.10 Å². The van der Waals surface area contributed by atoms with Crippen molar-refractivity contribution in [2.75, 3.05) is 11.9 Å². The van der Waals surface area contributed by atoms with Crippen LogP contribution in [0, 0.1) is 17.0 Å². The predicted molar refractivity (Wildman–Crippen MR) is 97.5 cm³/mol. The number of rotatable bonds is 7. The van der Waals surface area contributed by atoms with Gasteiger partial charge >= 0.3 is 11.7 Å². The number of carbonyl (C=O) groups is 3. The maximum absolute atomic E-state index is 12.6. The molecule has 2 aromatic rings. The Morgan fingerprint density at radius 3 is 2.56 bits per heavy atom. The fourth-order valence-corrected chi connectivity index (χ4v) is 3.50. The SMILES string of the molecule is CCOC(=O)c1c(NC(=O)c2nn(CC)cc2[N+](=O)[O-])sc(C(C)=O)c1C. The Bertz CT molecular complexity index is 930. The highest BCUT2D eigenvalue weighted by Gasteiger charge is 2.29.